The molecule has 1 heterocycles. The molecule has 0 bridgehead atoms. The lowest BCUT2D eigenvalue weighted by Gasteiger charge is -2.15. The van der Waals surface area contributed by atoms with Crippen LogP contribution in [0.5, 0.6) is 0 Å². The number of hydrogen-bond donors (Lipinski definition) is 0. The lowest BCUT2D eigenvalue weighted by molar-refractivity contribution is 0.614. The minimum absolute atomic E-state index is 0.640. The fourth-order valence-electron chi connectivity index (χ4n) is 2.67. The summed E-state index contributed by atoms with van der Waals surface area (Å²) in [5.41, 5.74) is 3.48. The van der Waals surface area contributed by atoms with Crippen LogP contribution in [-0.2, 0) is 9.69 Å². The van der Waals surface area contributed by atoms with E-state index < -0.39 is 15.7 Å². The van der Waals surface area contributed by atoms with E-state index in [2.05, 4.69) is 31.9 Å². The molecular weight excluding hydrogens is 415 g/mol. The predicted molar refractivity (Wildman–Crippen MR) is 97.1 cm³/mol. The molecule has 0 N–H and O–H groups in total. The fourth-order valence-corrected chi connectivity index (χ4v) is 4.78. The first kappa shape index (κ1) is 15.1. The Kier molecular flexibility index (Phi) is 3.88. The summed E-state index contributed by atoms with van der Waals surface area (Å²) in [6.45, 7) is 0. The summed E-state index contributed by atoms with van der Waals surface area (Å²) in [5.74, 6) is -0.640. The quantitative estimate of drug-likeness (QED) is 0.658. The van der Waals surface area contributed by atoms with Crippen LogP contribution in [0.3, 0.4) is 0 Å². The van der Waals surface area contributed by atoms with Gasteiger partial charge in [0.15, 0.2) is 0 Å². The van der Waals surface area contributed by atoms with Gasteiger partial charge in [0, 0.05) is 15.2 Å². The molecule has 0 unspecified atom stereocenters. The number of benzene rings is 2. The molecule has 0 atom stereocenters. The van der Waals surface area contributed by atoms with Crippen molar-refractivity contribution in [1.82, 2.24) is 0 Å². The van der Waals surface area contributed by atoms with Crippen molar-refractivity contribution in [1.29, 1.82) is 0 Å². The number of fused-ring (bicyclic) bond motifs is 2. The van der Waals surface area contributed by atoms with E-state index >= 15 is 0 Å². The van der Waals surface area contributed by atoms with Crippen LogP contribution in [0.1, 0.15) is 11.1 Å². The maximum absolute atomic E-state index is 12.4. The van der Waals surface area contributed by atoms with Crippen molar-refractivity contribution in [2.45, 2.75) is 0 Å². The molecule has 2 aromatic carbocycles. The van der Waals surface area contributed by atoms with E-state index in [-0.39, 0.29) is 0 Å². The SMILES string of the molecule is CS(=O)(=O)B1c2ccc(Br)cc2C=Cc2cc(Br)ccc21. The van der Waals surface area contributed by atoms with E-state index in [0.29, 0.717) is 0 Å². The number of rotatable bonds is 1. The zero-order chi connectivity index (χ0) is 15.2. The average molecular weight is 426 g/mol. The molecule has 0 amide bonds. The van der Waals surface area contributed by atoms with Gasteiger partial charge in [-0.2, -0.15) is 0 Å². The maximum atomic E-state index is 12.4. The number of hydrogen-bond acceptors (Lipinski definition) is 2. The van der Waals surface area contributed by atoms with Gasteiger partial charge in [0.05, 0.1) is 0 Å². The van der Waals surface area contributed by atoms with E-state index in [9.17, 15) is 8.42 Å². The van der Waals surface area contributed by atoms with Crippen LogP contribution in [0.25, 0.3) is 12.2 Å². The highest BCUT2D eigenvalue weighted by molar-refractivity contribution is 9.10. The second kappa shape index (κ2) is 5.41. The van der Waals surface area contributed by atoms with Crippen LogP contribution >= 0.6 is 31.9 Å². The molecule has 6 heteroatoms. The highest BCUT2D eigenvalue weighted by Crippen LogP contribution is 2.20. The van der Waals surface area contributed by atoms with Gasteiger partial charge in [-0.15, -0.1) is 0 Å². The molecule has 0 aliphatic carbocycles. The number of halogens is 2. The van der Waals surface area contributed by atoms with Gasteiger partial charge in [-0.05, 0) is 46.3 Å². The third kappa shape index (κ3) is 2.89. The standard InChI is InChI=1S/C15H11BBr2O2S/c1-21(19,20)16-14-6-4-12(17)8-10(14)2-3-11-9-13(18)5-7-15(11)16/h2-9H,1H3. The first-order chi connectivity index (χ1) is 9.86. The highest BCUT2D eigenvalue weighted by Gasteiger charge is 2.35. The van der Waals surface area contributed by atoms with Crippen molar-refractivity contribution in [3.8, 4) is 0 Å². The minimum atomic E-state index is -3.27. The van der Waals surface area contributed by atoms with Gasteiger partial charge in [-0.25, -0.2) is 8.42 Å². The average Bonchev–Trinajstić information content (AvgIpc) is 2.54. The van der Waals surface area contributed by atoms with Crippen LogP contribution in [0.4, 0.5) is 0 Å². The molecule has 0 aromatic heterocycles. The molecular formula is C15H11BBr2O2S. The van der Waals surface area contributed by atoms with Crippen LogP contribution in [0.2, 0.25) is 0 Å². The summed E-state index contributed by atoms with van der Waals surface area (Å²) in [6.07, 6.45) is 5.23. The fraction of sp³-hybridized carbons (Fsp3) is 0.0667. The summed E-state index contributed by atoms with van der Waals surface area (Å²) in [6, 6.07) is 11.4. The summed E-state index contributed by atoms with van der Waals surface area (Å²) in [5, 5.41) is 0. The molecule has 0 saturated carbocycles. The summed E-state index contributed by atoms with van der Waals surface area (Å²) in [4.78, 5) is 0. The van der Waals surface area contributed by atoms with Crippen LogP contribution < -0.4 is 10.9 Å². The van der Waals surface area contributed by atoms with Crippen molar-refractivity contribution < 1.29 is 8.42 Å². The molecule has 0 spiro atoms. The lowest BCUT2D eigenvalue weighted by Crippen LogP contribution is -2.50. The molecule has 2 aromatic rings. The van der Waals surface area contributed by atoms with E-state index in [4.69, 9.17) is 0 Å². The Balaban J connectivity index is 2.36. The molecule has 3 rings (SSSR count). The van der Waals surface area contributed by atoms with Crippen molar-refractivity contribution in [3.63, 3.8) is 0 Å². The first-order valence-corrected chi connectivity index (χ1v) is 9.86. The summed E-state index contributed by atoms with van der Waals surface area (Å²) in [7, 11) is -3.27. The van der Waals surface area contributed by atoms with Crippen LogP contribution in [0.15, 0.2) is 45.3 Å². The molecule has 0 saturated heterocycles. The first-order valence-electron chi connectivity index (χ1n) is 6.32. The van der Waals surface area contributed by atoms with E-state index in [0.717, 1.165) is 31.0 Å². The van der Waals surface area contributed by atoms with Crippen LogP contribution in [0, 0.1) is 0 Å². The molecule has 0 radical (unpaired) electrons. The Labute approximate surface area is 141 Å². The second-order valence-electron chi connectivity index (χ2n) is 5.09. The molecule has 2 nitrogen and oxygen atoms in total. The van der Waals surface area contributed by atoms with Gasteiger partial charge < -0.3 is 0 Å². The predicted octanol–water partition coefficient (Wildman–Crippen LogP) is 2.85. The van der Waals surface area contributed by atoms with Crippen molar-refractivity contribution >= 4 is 70.6 Å². The Bertz CT molecular complexity index is 804. The maximum Gasteiger partial charge on any atom is 0.356 e. The Morgan fingerprint density at radius 2 is 1.29 bits per heavy atom. The van der Waals surface area contributed by atoms with E-state index in [1.54, 1.807) is 0 Å². The summed E-state index contributed by atoms with van der Waals surface area (Å²) >= 11 is 6.88. The Hall–Kier alpha value is -0.845. The van der Waals surface area contributed by atoms with Gasteiger partial charge in [0.1, 0.15) is 9.69 Å². The zero-order valence-electron chi connectivity index (χ0n) is 11.2. The third-order valence-corrected chi connectivity index (χ3v) is 5.88. The lowest BCUT2D eigenvalue weighted by atomic mass is 9.60. The van der Waals surface area contributed by atoms with Gasteiger partial charge in [0.2, 0.25) is 0 Å². The van der Waals surface area contributed by atoms with Crippen molar-refractivity contribution in [2.75, 3.05) is 6.26 Å². The van der Waals surface area contributed by atoms with E-state index in [1.807, 2.05) is 48.6 Å². The largest absolute Gasteiger partial charge is 0.356 e. The van der Waals surface area contributed by atoms with Gasteiger partial charge >= 0.3 is 5.99 Å². The molecule has 106 valence electrons. The smallest absolute Gasteiger partial charge is 0.240 e. The van der Waals surface area contributed by atoms with Crippen molar-refractivity contribution in [3.05, 3.63) is 56.5 Å². The molecule has 21 heavy (non-hydrogen) atoms. The Morgan fingerprint density at radius 3 is 1.67 bits per heavy atom. The monoisotopic (exact) mass is 424 g/mol. The molecule has 1 aliphatic rings. The zero-order valence-corrected chi connectivity index (χ0v) is 15.2. The van der Waals surface area contributed by atoms with E-state index in [1.165, 1.54) is 6.26 Å². The van der Waals surface area contributed by atoms with Gasteiger partial charge in [-0.1, -0.05) is 56.1 Å². The van der Waals surface area contributed by atoms with Crippen molar-refractivity contribution in [2.24, 2.45) is 0 Å². The third-order valence-electron chi connectivity index (χ3n) is 3.53. The normalized spacial score (nSPS) is 13.6. The second-order valence-corrected chi connectivity index (χ2v) is 9.05. The Morgan fingerprint density at radius 1 is 0.857 bits per heavy atom. The highest BCUT2D eigenvalue weighted by atomic mass is 79.9. The van der Waals surface area contributed by atoms with Crippen LogP contribution in [-0.4, -0.2) is 20.7 Å². The summed E-state index contributed by atoms with van der Waals surface area (Å²) < 4.78 is 26.6. The van der Waals surface area contributed by atoms with Gasteiger partial charge in [0.25, 0.3) is 0 Å². The molecule has 0 fully saturated rings. The van der Waals surface area contributed by atoms with Gasteiger partial charge in [-0.3, -0.25) is 0 Å². The topological polar surface area (TPSA) is 34.1 Å². The molecule has 1 aliphatic heterocycles. The minimum Gasteiger partial charge on any atom is -0.240 e.